The molecule has 4 rings (SSSR count). The number of nitrogens with one attached hydrogen (secondary N) is 2. The number of rotatable bonds is 3. The van der Waals surface area contributed by atoms with E-state index >= 15 is 0 Å². The van der Waals surface area contributed by atoms with Crippen molar-refractivity contribution in [2.24, 2.45) is 0 Å². The van der Waals surface area contributed by atoms with Crippen molar-refractivity contribution in [3.63, 3.8) is 0 Å². The first-order valence-electron chi connectivity index (χ1n) is 8.50. The van der Waals surface area contributed by atoms with Gasteiger partial charge in [0.2, 0.25) is 11.7 Å². The van der Waals surface area contributed by atoms with Crippen LogP contribution in [0.4, 0.5) is 10.1 Å². The van der Waals surface area contributed by atoms with Gasteiger partial charge < -0.3 is 15.5 Å². The molecule has 1 aromatic carbocycles. The van der Waals surface area contributed by atoms with E-state index in [1.165, 1.54) is 29.2 Å². The number of aromatic nitrogens is 3. The summed E-state index contributed by atoms with van der Waals surface area (Å²) in [5.74, 6) is -0.641. The topological polar surface area (TPSA) is 91.6 Å². The molecule has 1 saturated heterocycles. The van der Waals surface area contributed by atoms with Crippen LogP contribution in [-0.2, 0) is 4.79 Å². The first-order chi connectivity index (χ1) is 13.1. The van der Waals surface area contributed by atoms with E-state index in [0.717, 1.165) is 0 Å². The molecule has 3 heterocycles. The molecule has 1 fully saturated rings. The van der Waals surface area contributed by atoms with Gasteiger partial charge >= 0.3 is 0 Å². The average molecular weight is 368 g/mol. The van der Waals surface area contributed by atoms with Crippen molar-refractivity contribution >= 4 is 23.3 Å². The standard InChI is InChI=1S/C18H17FN6O2/c19-12-2-4-13(5-3-12)22-16(26)15-10-20-7-9-25(15)17(27)14-11-24-8-1-6-21-18(24)23-14/h1-6,8,11,15,20H,7,9-10H2,(H,22,26)/t15-/m1/s1. The third-order valence-corrected chi connectivity index (χ3v) is 4.37. The third kappa shape index (κ3) is 3.49. The maximum atomic E-state index is 13.0. The predicted molar refractivity (Wildman–Crippen MR) is 95.7 cm³/mol. The molecule has 138 valence electrons. The lowest BCUT2D eigenvalue weighted by atomic mass is 10.1. The summed E-state index contributed by atoms with van der Waals surface area (Å²) in [7, 11) is 0. The smallest absolute Gasteiger partial charge is 0.274 e. The summed E-state index contributed by atoms with van der Waals surface area (Å²) in [4.78, 5) is 35.5. The highest BCUT2D eigenvalue weighted by Gasteiger charge is 2.33. The minimum absolute atomic E-state index is 0.232. The molecule has 1 aliphatic rings. The lowest BCUT2D eigenvalue weighted by molar-refractivity contribution is -0.121. The van der Waals surface area contributed by atoms with Gasteiger partial charge in [-0.3, -0.25) is 14.0 Å². The van der Waals surface area contributed by atoms with Gasteiger partial charge in [0.1, 0.15) is 17.6 Å². The van der Waals surface area contributed by atoms with Gasteiger partial charge in [-0.05, 0) is 30.3 Å². The molecular formula is C18H17FN6O2. The Morgan fingerprint density at radius 3 is 2.85 bits per heavy atom. The van der Waals surface area contributed by atoms with Crippen molar-refractivity contribution in [3.05, 3.63) is 60.4 Å². The van der Waals surface area contributed by atoms with E-state index in [-0.39, 0.29) is 23.3 Å². The molecule has 0 aliphatic carbocycles. The molecule has 1 atom stereocenters. The minimum Gasteiger partial charge on any atom is -0.324 e. The highest BCUT2D eigenvalue weighted by molar-refractivity contribution is 6.00. The highest BCUT2D eigenvalue weighted by Crippen LogP contribution is 2.14. The lowest BCUT2D eigenvalue weighted by Crippen LogP contribution is -2.58. The fourth-order valence-electron chi connectivity index (χ4n) is 3.02. The van der Waals surface area contributed by atoms with Crippen LogP contribution in [0.25, 0.3) is 5.78 Å². The zero-order valence-electron chi connectivity index (χ0n) is 14.3. The monoisotopic (exact) mass is 368 g/mol. The molecule has 0 radical (unpaired) electrons. The maximum Gasteiger partial charge on any atom is 0.274 e. The van der Waals surface area contributed by atoms with Crippen molar-refractivity contribution in [2.45, 2.75) is 6.04 Å². The Morgan fingerprint density at radius 1 is 1.26 bits per heavy atom. The molecule has 2 N–H and O–H groups in total. The molecule has 0 unspecified atom stereocenters. The van der Waals surface area contributed by atoms with E-state index < -0.39 is 6.04 Å². The van der Waals surface area contributed by atoms with Gasteiger partial charge in [-0.2, -0.15) is 0 Å². The zero-order chi connectivity index (χ0) is 18.8. The summed E-state index contributed by atoms with van der Waals surface area (Å²) in [6.45, 7) is 1.28. The fraction of sp³-hybridized carbons (Fsp3) is 0.222. The number of imidazole rings is 1. The number of hydrogen-bond acceptors (Lipinski definition) is 5. The molecule has 0 spiro atoms. The molecule has 8 nitrogen and oxygen atoms in total. The van der Waals surface area contributed by atoms with Gasteiger partial charge in [-0.25, -0.2) is 14.4 Å². The Kier molecular flexibility index (Phi) is 4.51. The first-order valence-corrected chi connectivity index (χ1v) is 8.50. The Labute approximate surface area is 154 Å². The summed E-state index contributed by atoms with van der Waals surface area (Å²) in [6.07, 6.45) is 4.95. The van der Waals surface area contributed by atoms with Crippen LogP contribution in [0.1, 0.15) is 10.5 Å². The quantitative estimate of drug-likeness (QED) is 0.717. The van der Waals surface area contributed by atoms with Crippen LogP contribution in [-0.4, -0.2) is 56.8 Å². The van der Waals surface area contributed by atoms with Crippen LogP contribution in [0.2, 0.25) is 0 Å². The number of halogens is 1. The Hall–Kier alpha value is -3.33. The summed E-state index contributed by atoms with van der Waals surface area (Å²) >= 11 is 0. The first kappa shape index (κ1) is 17.1. The molecular weight excluding hydrogens is 351 g/mol. The number of anilines is 1. The number of nitrogens with zero attached hydrogens (tertiary/aromatic N) is 4. The summed E-state index contributed by atoms with van der Waals surface area (Å²) in [5, 5.41) is 5.85. The van der Waals surface area contributed by atoms with Crippen LogP contribution < -0.4 is 10.6 Å². The SMILES string of the molecule is O=C(Nc1ccc(F)cc1)[C@H]1CNCCN1C(=O)c1cn2cccnc2n1. The number of carbonyl (C=O) groups excluding carboxylic acids is 2. The average Bonchev–Trinajstić information content (AvgIpc) is 3.13. The molecule has 3 aromatic rings. The molecule has 2 amide bonds. The molecule has 27 heavy (non-hydrogen) atoms. The van der Waals surface area contributed by atoms with Crippen LogP contribution in [0.15, 0.2) is 48.9 Å². The number of carbonyl (C=O) groups is 2. The van der Waals surface area contributed by atoms with Gasteiger partial charge in [-0.15, -0.1) is 0 Å². The Morgan fingerprint density at radius 2 is 2.07 bits per heavy atom. The number of hydrogen-bond donors (Lipinski definition) is 2. The van der Waals surface area contributed by atoms with E-state index in [1.54, 1.807) is 29.1 Å². The van der Waals surface area contributed by atoms with E-state index in [9.17, 15) is 14.0 Å². The van der Waals surface area contributed by atoms with Gasteiger partial charge in [-0.1, -0.05) is 0 Å². The number of piperazine rings is 1. The van der Waals surface area contributed by atoms with E-state index in [0.29, 0.717) is 31.1 Å². The molecule has 0 saturated carbocycles. The van der Waals surface area contributed by atoms with Gasteiger partial charge in [0.25, 0.3) is 5.91 Å². The van der Waals surface area contributed by atoms with Crippen LogP contribution in [0.3, 0.4) is 0 Å². The molecule has 9 heteroatoms. The molecule has 0 bridgehead atoms. The van der Waals surface area contributed by atoms with Crippen LogP contribution in [0, 0.1) is 5.82 Å². The predicted octanol–water partition coefficient (Wildman–Crippen LogP) is 0.921. The van der Waals surface area contributed by atoms with E-state index in [2.05, 4.69) is 20.6 Å². The number of benzene rings is 1. The van der Waals surface area contributed by atoms with Crippen molar-refractivity contribution in [2.75, 3.05) is 25.0 Å². The fourth-order valence-corrected chi connectivity index (χ4v) is 3.02. The largest absolute Gasteiger partial charge is 0.324 e. The van der Waals surface area contributed by atoms with Gasteiger partial charge in [0.15, 0.2) is 0 Å². The van der Waals surface area contributed by atoms with Crippen molar-refractivity contribution in [3.8, 4) is 0 Å². The summed E-state index contributed by atoms with van der Waals surface area (Å²) in [6, 6.07) is 6.52. The normalized spacial score (nSPS) is 17.1. The lowest BCUT2D eigenvalue weighted by Gasteiger charge is -2.34. The summed E-state index contributed by atoms with van der Waals surface area (Å²) in [5.41, 5.74) is 0.700. The van der Waals surface area contributed by atoms with Gasteiger partial charge in [0, 0.05) is 43.9 Å². The molecule has 1 aliphatic heterocycles. The van der Waals surface area contributed by atoms with Crippen molar-refractivity contribution < 1.29 is 14.0 Å². The second-order valence-electron chi connectivity index (χ2n) is 6.17. The second-order valence-corrected chi connectivity index (χ2v) is 6.17. The second kappa shape index (κ2) is 7.12. The zero-order valence-corrected chi connectivity index (χ0v) is 14.3. The summed E-state index contributed by atoms with van der Waals surface area (Å²) < 4.78 is 14.7. The minimum atomic E-state index is -0.700. The third-order valence-electron chi connectivity index (χ3n) is 4.37. The van der Waals surface area contributed by atoms with Gasteiger partial charge in [0.05, 0.1) is 0 Å². The Bertz CT molecular complexity index is 954. The molecule has 2 aromatic heterocycles. The van der Waals surface area contributed by atoms with Crippen molar-refractivity contribution in [1.29, 1.82) is 0 Å². The van der Waals surface area contributed by atoms with Crippen LogP contribution in [0.5, 0.6) is 0 Å². The van der Waals surface area contributed by atoms with E-state index in [4.69, 9.17) is 0 Å². The Balaban J connectivity index is 1.55. The highest BCUT2D eigenvalue weighted by atomic mass is 19.1. The van der Waals surface area contributed by atoms with Crippen molar-refractivity contribution in [1.82, 2.24) is 24.6 Å². The number of fused-ring (bicyclic) bond motifs is 1. The number of amides is 2. The van der Waals surface area contributed by atoms with Crippen LogP contribution >= 0.6 is 0 Å². The van der Waals surface area contributed by atoms with E-state index in [1.807, 2.05) is 0 Å². The maximum absolute atomic E-state index is 13.0.